The third kappa shape index (κ3) is 4.94. The molecule has 1 aliphatic carbocycles. The lowest BCUT2D eigenvalue weighted by Crippen LogP contribution is -2.45. The van der Waals surface area contributed by atoms with E-state index in [1.165, 1.54) is 19.3 Å². The van der Waals surface area contributed by atoms with Gasteiger partial charge in [-0.25, -0.2) is 0 Å². The van der Waals surface area contributed by atoms with Gasteiger partial charge in [0.15, 0.2) is 0 Å². The van der Waals surface area contributed by atoms with Crippen molar-refractivity contribution in [3.05, 3.63) is 72.8 Å². The quantitative estimate of drug-likeness (QED) is 0.666. The van der Waals surface area contributed by atoms with Crippen molar-refractivity contribution < 1.29 is 9.53 Å². The highest BCUT2D eigenvalue weighted by Crippen LogP contribution is 2.29. The van der Waals surface area contributed by atoms with Crippen LogP contribution in [-0.4, -0.2) is 25.6 Å². The maximum atomic E-state index is 13.4. The summed E-state index contributed by atoms with van der Waals surface area (Å²) >= 11 is 0. The summed E-state index contributed by atoms with van der Waals surface area (Å²) < 4.78 is 5.29. The third-order valence-corrected chi connectivity index (χ3v) is 5.36. The minimum atomic E-state index is -0.423. The molecule has 1 fully saturated rings. The van der Waals surface area contributed by atoms with E-state index in [-0.39, 0.29) is 11.9 Å². The van der Waals surface area contributed by atoms with Crippen LogP contribution >= 0.6 is 0 Å². The molecule has 0 radical (unpaired) electrons. The molecule has 0 bridgehead atoms. The maximum Gasteiger partial charge on any atom is 0.247 e. The largest absolute Gasteiger partial charge is 0.497 e. The van der Waals surface area contributed by atoms with Crippen LogP contribution in [0, 0.1) is 0 Å². The van der Waals surface area contributed by atoms with Gasteiger partial charge in [-0.15, -0.1) is 6.58 Å². The highest BCUT2D eigenvalue weighted by atomic mass is 16.5. The van der Waals surface area contributed by atoms with Gasteiger partial charge < -0.3 is 15.0 Å². The first-order chi connectivity index (χ1) is 13.7. The molecule has 1 amide bonds. The average Bonchev–Trinajstić information content (AvgIpc) is 2.75. The molecule has 148 valence electrons. The molecule has 0 aromatic heterocycles. The van der Waals surface area contributed by atoms with E-state index >= 15 is 0 Å². The Morgan fingerprint density at radius 1 is 1.14 bits per heavy atom. The van der Waals surface area contributed by atoms with Crippen LogP contribution in [0.5, 0.6) is 5.75 Å². The number of nitrogens with zero attached hydrogens (tertiary/aromatic N) is 1. The number of anilines is 1. The lowest BCUT2D eigenvalue weighted by atomic mass is 9.94. The number of carbonyl (C=O) groups is 1. The van der Waals surface area contributed by atoms with Crippen LogP contribution in [0.2, 0.25) is 0 Å². The number of ether oxygens (including phenoxy) is 1. The maximum absolute atomic E-state index is 13.4. The zero-order valence-corrected chi connectivity index (χ0v) is 16.6. The number of hydrogen-bond acceptors (Lipinski definition) is 3. The van der Waals surface area contributed by atoms with Crippen molar-refractivity contribution in [3.8, 4) is 5.75 Å². The minimum absolute atomic E-state index is 0.0442. The molecule has 28 heavy (non-hydrogen) atoms. The van der Waals surface area contributed by atoms with Crippen LogP contribution < -0.4 is 15.0 Å². The monoisotopic (exact) mass is 378 g/mol. The molecule has 1 unspecified atom stereocenters. The zero-order chi connectivity index (χ0) is 19.8. The normalized spacial score (nSPS) is 15.5. The summed E-state index contributed by atoms with van der Waals surface area (Å²) in [5.74, 6) is 0.827. The number of hydrogen-bond donors (Lipinski definition) is 1. The summed E-state index contributed by atoms with van der Waals surface area (Å²) in [5, 5.41) is 3.31. The summed E-state index contributed by atoms with van der Waals surface area (Å²) in [6, 6.07) is 17.7. The minimum Gasteiger partial charge on any atom is -0.497 e. The Balaban J connectivity index is 1.93. The van der Waals surface area contributed by atoms with Gasteiger partial charge in [0.05, 0.1) is 7.11 Å². The number of benzene rings is 2. The van der Waals surface area contributed by atoms with E-state index in [4.69, 9.17) is 4.74 Å². The summed E-state index contributed by atoms with van der Waals surface area (Å²) in [4.78, 5) is 15.5. The van der Waals surface area contributed by atoms with E-state index in [1.54, 1.807) is 7.11 Å². The molecule has 1 aliphatic rings. The molecular formula is C24H30N2O2. The van der Waals surface area contributed by atoms with Gasteiger partial charge in [0.1, 0.15) is 11.8 Å². The second-order valence-electron chi connectivity index (χ2n) is 7.30. The molecular weight excluding hydrogens is 348 g/mol. The predicted octanol–water partition coefficient (Wildman–Crippen LogP) is 4.88. The second-order valence-corrected chi connectivity index (χ2v) is 7.30. The Hall–Kier alpha value is -2.75. The van der Waals surface area contributed by atoms with E-state index in [0.717, 1.165) is 29.8 Å². The average molecular weight is 379 g/mol. The molecule has 0 aliphatic heterocycles. The molecule has 1 saturated carbocycles. The fraction of sp³-hybridized carbons (Fsp3) is 0.375. The van der Waals surface area contributed by atoms with E-state index in [2.05, 4.69) is 16.8 Å². The first kappa shape index (κ1) is 20.0. The second kappa shape index (κ2) is 9.98. The molecule has 0 spiro atoms. The van der Waals surface area contributed by atoms with Crippen molar-refractivity contribution in [2.75, 3.05) is 18.6 Å². The Morgan fingerprint density at radius 3 is 2.43 bits per heavy atom. The van der Waals surface area contributed by atoms with Gasteiger partial charge in [0.2, 0.25) is 5.91 Å². The fourth-order valence-electron chi connectivity index (χ4n) is 3.90. The molecule has 2 aromatic carbocycles. The topological polar surface area (TPSA) is 41.6 Å². The lowest BCUT2D eigenvalue weighted by Gasteiger charge is -2.34. The molecule has 0 saturated heterocycles. The van der Waals surface area contributed by atoms with Crippen molar-refractivity contribution in [1.82, 2.24) is 5.32 Å². The summed E-state index contributed by atoms with van der Waals surface area (Å²) in [6.45, 7) is 4.49. The molecule has 1 atom stereocenters. The van der Waals surface area contributed by atoms with Crippen LogP contribution in [0.4, 0.5) is 5.69 Å². The first-order valence-corrected chi connectivity index (χ1v) is 10.1. The summed E-state index contributed by atoms with van der Waals surface area (Å²) in [5.41, 5.74) is 1.95. The van der Waals surface area contributed by atoms with Gasteiger partial charge in [-0.3, -0.25) is 4.79 Å². The number of carbonyl (C=O) groups excluding carboxylic acids is 1. The Kier molecular flexibility index (Phi) is 7.12. The number of amides is 1. The van der Waals surface area contributed by atoms with Crippen LogP contribution in [-0.2, 0) is 4.79 Å². The molecule has 2 aromatic rings. The van der Waals surface area contributed by atoms with Crippen LogP contribution in [0.15, 0.2) is 67.3 Å². The van der Waals surface area contributed by atoms with Crippen LogP contribution in [0.3, 0.4) is 0 Å². The molecule has 3 rings (SSSR count). The van der Waals surface area contributed by atoms with Crippen LogP contribution in [0.1, 0.15) is 43.7 Å². The van der Waals surface area contributed by atoms with Gasteiger partial charge >= 0.3 is 0 Å². The standard InChI is InChI=1S/C24H30N2O2/c1-3-18-26(21-12-8-5-9-13-21)23(19-14-16-22(28-2)17-15-19)24(27)25-20-10-6-4-7-11-20/h3,5,8-9,12-17,20,23H,1,4,6-7,10-11,18H2,2H3,(H,25,27). The smallest absolute Gasteiger partial charge is 0.247 e. The lowest BCUT2D eigenvalue weighted by molar-refractivity contribution is -0.123. The predicted molar refractivity (Wildman–Crippen MR) is 115 cm³/mol. The molecule has 1 N–H and O–H groups in total. The Morgan fingerprint density at radius 2 is 1.82 bits per heavy atom. The molecule has 4 heteroatoms. The van der Waals surface area contributed by atoms with Gasteiger partial charge in [-0.2, -0.15) is 0 Å². The number of nitrogens with one attached hydrogen (secondary N) is 1. The van der Waals surface area contributed by atoms with Gasteiger partial charge in [-0.1, -0.05) is 55.7 Å². The van der Waals surface area contributed by atoms with Crippen molar-refractivity contribution in [2.24, 2.45) is 0 Å². The summed E-state index contributed by atoms with van der Waals surface area (Å²) in [6.07, 6.45) is 7.61. The van der Waals surface area contributed by atoms with Crippen molar-refractivity contribution in [3.63, 3.8) is 0 Å². The van der Waals surface area contributed by atoms with Crippen LogP contribution in [0.25, 0.3) is 0 Å². The third-order valence-electron chi connectivity index (χ3n) is 5.36. The zero-order valence-electron chi connectivity index (χ0n) is 16.6. The van der Waals surface area contributed by atoms with Crippen molar-refractivity contribution in [1.29, 1.82) is 0 Å². The fourth-order valence-corrected chi connectivity index (χ4v) is 3.90. The highest BCUT2D eigenvalue weighted by molar-refractivity contribution is 5.87. The number of para-hydroxylation sites is 1. The highest BCUT2D eigenvalue weighted by Gasteiger charge is 2.29. The van der Waals surface area contributed by atoms with Crippen molar-refractivity contribution in [2.45, 2.75) is 44.2 Å². The molecule has 0 heterocycles. The van der Waals surface area contributed by atoms with E-state index in [0.29, 0.717) is 6.54 Å². The van der Waals surface area contributed by atoms with Gasteiger partial charge in [0, 0.05) is 18.3 Å². The SMILES string of the molecule is C=CCN(c1ccccc1)C(C(=O)NC1CCCCC1)c1ccc(OC)cc1. The Labute approximate surface area is 168 Å². The van der Waals surface area contributed by atoms with E-state index in [9.17, 15) is 4.79 Å². The van der Waals surface area contributed by atoms with Crippen molar-refractivity contribution >= 4 is 11.6 Å². The molecule has 4 nitrogen and oxygen atoms in total. The van der Waals surface area contributed by atoms with Gasteiger partial charge in [-0.05, 0) is 42.7 Å². The Bertz CT molecular complexity index is 752. The summed E-state index contributed by atoms with van der Waals surface area (Å²) in [7, 11) is 1.65. The van der Waals surface area contributed by atoms with E-state index < -0.39 is 6.04 Å². The number of methoxy groups -OCH3 is 1. The van der Waals surface area contributed by atoms with Gasteiger partial charge in [0.25, 0.3) is 0 Å². The first-order valence-electron chi connectivity index (χ1n) is 10.1. The van der Waals surface area contributed by atoms with E-state index in [1.807, 2.05) is 60.7 Å². The number of rotatable bonds is 8.